The van der Waals surface area contributed by atoms with Gasteiger partial charge in [0.2, 0.25) is 0 Å². The van der Waals surface area contributed by atoms with Gasteiger partial charge in [-0.1, -0.05) is 37.6 Å². The predicted octanol–water partition coefficient (Wildman–Crippen LogP) is 6.90. The molecule has 0 unspecified atom stereocenters. The fourth-order valence-corrected chi connectivity index (χ4v) is 6.30. The second-order valence-electron chi connectivity index (χ2n) is 12.4. The molecule has 0 N–H and O–H groups in total. The molecule has 3 heterocycles. The number of rotatable bonds is 4. The number of esters is 2. The normalized spacial score (nSPS) is 19.6. The van der Waals surface area contributed by atoms with E-state index in [1.54, 1.807) is 16.7 Å². The number of hydrogen-bond acceptors (Lipinski definition) is 7. The molecule has 0 aliphatic carbocycles. The SMILES string of the molecule is COc1c2c(cc3c1[C@@H](c1cc4cc(C)ccc4n(CC(C)C)c1=O)CC(=O)O3)C=CCCCC(=O)CCC[C@H](C)OC2=O. The largest absolute Gasteiger partial charge is 0.495 e. The molecule has 0 saturated heterocycles. The Hall–Kier alpha value is -4.20. The van der Waals surface area contributed by atoms with Gasteiger partial charge in [0.25, 0.3) is 5.56 Å². The van der Waals surface area contributed by atoms with Gasteiger partial charge in [0.05, 0.1) is 25.2 Å². The van der Waals surface area contributed by atoms with E-state index in [4.69, 9.17) is 14.2 Å². The maximum Gasteiger partial charge on any atom is 0.342 e. The van der Waals surface area contributed by atoms with Crippen LogP contribution in [0.25, 0.3) is 17.0 Å². The van der Waals surface area contributed by atoms with Crippen molar-refractivity contribution in [3.63, 3.8) is 0 Å². The fraction of sp³-hybridized carbons (Fsp3) is 0.444. The van der Waals surface area contributed by atoms with E-state index >= 15 is 0 Å². The van der Waals surface area contributed by atoms with Crippen LogP contribution in [0.2, 0.25) is 0 Å². The third kappa shape index (κ3) is 6.49. The minimum atomic E-state index is -0.698. The molecule has 0 bridgehead atoms. The van der Waals surface area contributed by atoms with Gasteiger partial charge in [0.15, 0.2) is 0 Å². The van der Waals surface area contributed by atoms with Gasteiger partial charge in [-0.15, -0.1) is 0 Å². The summed E-state index contributed by atoms with van der Waals surface area (Å²) < 4.78 is 19.4. The minimum absolute atomic E-state index is 0.0777. The van der Waals surface area contributed by atoms with Crippen LogP contribution in [0.3, 0.4) is 0 Å². The number of benzene rings is 2. The van der Waals surface area contributed by atoms with Crippen LogP contribution in [0.4, 0.5) is 0 Å². The molecule has 2 aliphatic rings. The summed E-state index contributed by atoms with van der Waals surface area (Å²) in [5.74, 6) is -0.830. The van der Waals surface area contributed by atoms with E-state index in [0.717, 1.165) is 16.5 Å². The van der Waals surface area contributed by atoms with Gasteiger partial charge in [0, 0.05) is 36.4 Å². The van der Waals surface area contributed by atoms with Crippen molar-refractivity contribution in [2.75, 3.05) is 7.11 Å². The summed E-state index contributed by atoms with van der Waals surface area (Å²) in [6, 6.07) is 9.51. The summed E-state index contributed by atoms with van der Waals surface area (Å²) >= 11 is 0. The van der Waals surface area contributed by atoms with Crippen molar-refractivity contribution in [3.8, 4) is 11.5 Å². The Balaban J connectivity index is 1.73. The molecule has 0 fully saturated rings. The number of pyridine rings is 1. The van der Waals surface area contributed by atoms with Gasteiger partial charge in [0.1, 0.15) is 22.8 Å². The molecule has 2 aliphatic heterocycles. The zero-order chi connectivity index (χ0) is 31.5. The second kappa shape index (κ2) is 13.2. The Bertz CT molecular complexity index is 1700. The van der Waals surface area contributed by atoms with Crippen LogP contribution < -0.4 is 15.0 Å². The first-order chi connectivity index (χ1) is 21.1. The quantitative estimate of drug-likeness (QED) is 0.238. The van der Waals surface area contributed by atoms with E-state index in [1.807, 2.05) is 44.2 Å². The highest BCUT2D eigenvalue weighted by molar-refractivity contribution is 5.99. The lowest BCUT2D eigenvalue weighted by Gasteiger charge is -2.29. The molecule has 0 amide bonds. The molecule has 2 aromatic carbocycles. The Labute approximate surface area is 258 Å². The average molecular weight is 600 g/mol. The van der Waals surface area contributed by atoms with E-state index in [1.165, 1.54) is 7.11 Å². The second-order valence-corrected chi connectivity index (χ2v) is 12.4. The molecule has 0 radical (unpaired) electrons. The number of fused-ring (bicyclic) bond motifs is 3. The molecule has 8 heteroatoms. The number of carbonyl (C=O) groups excluding carboxylic acids is 3. The number of ether oxygens (including phenoxy) is 3. The third-order valence-electron chi connectivity index (χ3n) is 8.36. The number of methoxy groups -OCH3 is 1. The van der Waals surface area contributed by atoms with Crippen molar-refractivity contribution < 1.29 is 28.6 Å². The first-order valence-electron chi connectivity index (χ1n) is 15.6. The number of aryl methyl sites for hydroxylation is 1. The van der Waals surface area contributed by atoms with Gasteiger partial charge >= 0.3 is 11.9 Å². The fourth-order valence-electron chi connectivity index (χ4n) is 6.30. The maximum atomic E-state index is 14.2. The Kier molecular flexibility index (Phi) is 9.37. The van der Waals surface area contributed by atoms with E-state index < -0.39 is 24.0 Å². The standard InChI is InChI=1S/C36H41NO7/c1-21(2)20-37-29-15-14-22(3)16-25(29)17-28(35(37)40)27-19-31(39)44-30-18-24-11-7-6-8-12-26(38)13-9-10-23(4)43-36(41)32(24)34(42-5)33(27)30/h7,11,14-18,21,23,27H,6,8-10,12-13,19-20H2,1-5H3/t23-,27+/m0/s1. The molecule has 0 saturated carbocycles. The van der Waals surface area contributed by atoms with Gasteiger partial charge in [-0.3, -0.25) is 14.4 Å². The van der Waals surface area contributed by atoms with E-state index in [2.05, 4.69) is 13.8 Å². The molecule has 232 valence electrons. The molecule has 1 aromatic heterocycles. The number of carbonyl (C=O) groups is 3. The van der Waals surface area contributed by atoms with Crippen LogP contribution >= 0.6 is 0 Å². The molecular weight excluding hydrogens is 558 g/mol. The average Bonchev–Trinajstić information content (AvgIpc) is 2.96. The van der Waals surface area contributed by atoms with Crippen molar-refractivity contribution in [2.45, 2.75) is 91.2 Å². The number of aromatic nitrogens is 1. The molecule has 8 nitrogen and oxygen atoms in total. The van der Waals surface area contributed by atoms with E-state index in [0.29, 0.717) is 61.8 Å². The third-order valence-corrected chi connectivity index (χ3v) is 8.36. The Morgan fingerprint density at radius 1 is 1.05 bits per heavy atom. The van der Waals surface area contributed by atoms with E-state index in [-0.39, 0.29) is 40.7 Å². The Morgan fingerprint density at radius 2 is 1.82 bits per heavy atom. The number of ketones is 1. The number of Topliss-reactive ketones (excluding diaryl/α,β-unsaturated/α-hetero) is 1. The molecule has 0 spiro atoms. The molecule has 3 aromatic rings. The van der Waals surface area contributed by atoms with Crippen LogP contribution in [0, 0.1) is 12.8 Å². The van der Waals surface area contributed by atoms with E-state index in [9.17, 15) is 19.2 Å². The summed E-state index contributed by atoms with van der Waals surface area (Å²) in [4.78, 5) is 53.3. The first-order valence-corrected chi connectivity index (χ1v) is 15.6. The highest BCUT2D eigenvalue weighted by Gasteiger charge is 2.37. The zero-order valence-corrected chi connectivity index (χ0v) is 26.2. The number of allylic oxidation sites excluding steroid dienone is 1. The van der Waals surface area contributed by atoms with Crippen molar-refractivity contribution in [1.29, 1.82) is 0 Å². The van der Waals surface area contributed by atoms with Crippen LogP contribution in [-0.4, -0.2) is 35.5 Å². The maximum absolute atomic E-state index is 14.2. The van der Waals surface area contributed by atoms with Crippen LogP contribution in [0.15, 0.2) is 41.2 Å². The minimum Gasteiger partial charge on any atom is -0.495 e. The van der Waals surface area contributed by atoms with Gasteiger partial charge in [-0.25, -0.2) is 4.79 Å². The van der Waals surface area contributed by atoms with Crippen molar-refractivity contribution >= 4 is 34.7 Å². The molecule has 2 atom stereocenters. The lowest BCUT2D eigenvalue weighted by Crippen LogP contribution is -2.31. The lowest BCUT2D eigenvalue weighted by atomic mass is 9.83. The number of nitrogens with zero attached hydrogens (tertiary/aromatic N) is 1. The van der Waals surface area contributed by atoms with Crippen molar-refractivity contribution in [2.24, 2.45) is 5.92 Å². The molecular formula is C36H41NO7. The highest BCUT2D eigenvalue weighted by atomic mass is 16.5. The van der Waals surface area contributed by atoms with Crippen molar-refractivity contribution in [3.05, 3.63) is 74.6 Å². The summed E-state index contributed by atoms with van der Waals surface area (Å²) in [6.07, 6.45) is 6.69. The molecule has 44 heavy (non-hydrogen) atoms. The topological polar surface area (TPSA) is 101 Å². The van der Waals surface area contributed by atoms with Crippen molar-refractivity contribution in [1.82, 2.24) is 4.57 Å². The van der Waals surface area contributed by atoms with Gasteiger partial charge in [-0.2, -0.15) is 0 Å². The summed E-state index contributed by atoms with van der Waals surface area (Å²) in [7, 11) is 1.47. The van der Waals surface area contributed by atoms with Gasteiger partial charge in [-0.05, 0) is 80.7 Å². The summed E-state index contributed by atoms with van der Waals surface area (Å²) in [5.41, 5.74) is 3.34. The predicted molar refractivity (Wildman–Crippen MR) is 169 cm³/mol. The summed E-state index contributed by atoms with van der Waals surface area (Å²) in [6.45, 7) is 8.45. The molecule has 5 rings (SSSR count). The first kappa shape index (κ1) is 31.2. The van der Waals surface area contributed by atoms with Crippen LogP contribution in [0.1, 0.15) is 104 Å². The zero-order valence-electron chi connectivity index (χ0n) is 26.2. The Morgan fingerprint density at radius 3 is 2.57 bits per heavy atom. The lowest BCUT2D eigenvalue weighted by molar-refractivity contribution is -0.135. The monoisotopic (exact) mass is 599 g/mol. The van der Waals surface area contributed by atoms with Crippen LogP contribution in [0.5, 0.6) is 11.5 Å². The smallest absolute Gasteiger partial charge is 0.342 e. The van der Waals surface area contributed by atoms with Crippen LogP contribution in [-0.2, 0) is 20.9 Å². The number of cyclic esters (lactones) is 1. The highest BCUT2D eigenvalue weighted by Crippen LogP contribution is 2.47. The summed E-state index contributed by atoms with van der Waals surface area (Å²) in [5, 5.41) is 0.896. The van der Waals surface area contributed by atoms with Gasteiger partial charge < -0.3 is 18.8 Å². The number of hydrogen-bond donors (Lipinski definition) is 0.